The Morgan fingerprint density at radius 3 is 2.73 bits per heavy atom. The maximum atomic E-state index is 12.7. The number of carbonyl (C=O) groups is 1. The zero-order valence-electron chi connectivity index (χ0n) is 12.2. The topological polar surface area (TPSA) is 64.3 Å². The first kappa shape index (κ1) is 18.2. The minimum atomic E-state index is -4.41. The highest BCUT2D eigenvalue weighted by molar-refractivity contribution is 5.81. The molecule has 1 unspecified atom stereocenters. The van der Waals surface area contributed by atoms with Gasteiger partial charge < -0.3 is 15.8 Å². The molecule has 0 fully saturated rings. The number of ether oxygens (including phenoxy) is 1. The Morgan fingerprint density at radius 1 is 1.41 bits per heavy atom. The van der Waals surface area contributed by atoms with E-state index in [0.717, 1.165) is 12.1 Å². The molecule has 122 valence electrons. The minimum Gasteiger partial charge on any atom is -0.371 e. The highest BCUT2D eigenvalue weighted by Gasteiger charge is 2.30. The van der Waals surface area contributed by atoms with Gasteiger partial charge in [-0.25, -0.2) is 0 Å². The molecule has 7 heteroatoms. The van der Waals surface area contributed by atoms with Crippen molar-refractivity contribution in [1.82, 2.24) is 5.32 Å². The number of hydrogen-bond donors (Lipinski definition) is 2. The van der Waals surface area contributed by atoms with E-state index in [4.69, 9.17) is 10.5 Å². The average Bonchev–Trinajstić information content (AvgIpc) is 2.48. The third kappa shape index (κ3) is 5.87. The van der Waals surface area contributed by atoms with Crippen molar-refractivity contribution in [3.63, 3.8) is 0 Å². The lowest BCUT2D eigenvalue weighted by atomic mass is 10.0. The van der Waals surface area contributed by atoms with Gasteiger partial charge in [0.1, 0.15) is 6.10 Å². The Labute approximate surface area is 127 Å². The molecule has 0 bridgehead atoms. The van der Waals surface area contributed by atoms with Gasteiger partial charge in [0.25, 0.3) is 0 Å². The first-order valence-corrected chi connectivity index (χ1v) is 6.70. The molecule has 0 aliphatic heterocycles. The summed E-state index contributed by atoms with van der Waals surface area (Å²) in [6.07, 6.45) is -1.82. The number of carbonyl (C=O) groups excluding carboxylic acids is 1. The molecule has 0 spiro atoms. The van der Waals surface area contributed by atoms with Crippen LogP contribution in [0.5, 0.6) is 0 Å². The minimum absolute atomic E-state index is 0.0624. The highest BCUT2D eigenvalue weighted by Crippen LogP contribution is 2.29. The van der Waals surface area contributed by atoms with Crippen LogP contribution in [0, 0.1) is 0 Å². The van der Waals surface area contributed by atoms with Gasteiger partial charge in [0, 0.05) is 26.6 Å². The molecule has 0 aliphatic rings. The molecular weight excluding hydrogens is 297 g/mol. The molecule has 0 radical (unpaired) electrons. The van der Waals surface area contributed by atoms with Crippen LogP contribution in [-0.4, -0.2) is 32.2 Å². The zero-order valence-corrected chi connectivity index (χ0v) is 12.2. The molecule has 0 saturated carbocycles. The third-order valence-electron chi connectivity index (χ3n) is 2.95. The van der Waals surface area contributed by atoms with Crippen LogP contribution < -0.4 is 11.1 Å². The van der Waals surface area contributed by atoms with E-state index in [0.29, 0.717) is 18.7 Å². The SMILES string of the molecule is COC(Cc1cccc(C(F)(F)F)c1)C(=O)NCC=CCN. The fourth-order valence-electron chi connectivity index (χ4n) is 1.82. The van der Waals surface area contributed by atoms with Crippen LogP contribution in [0.1, 0.15) is 11.1 Å². The molecule has 0 saturated heterocycles. The number of amides is 1. The van der Waals surface area contributed by atoms with E-state index < -0.39 is 17.8 Å². The van der Waals surface area contributed by atoms with Gasteiger partial charge in [0.05, 0.1) is 5.56 Å². The highest BCUT2D eigenvalue weighted by atomic mass is 19.4. The van der Waals surface area contributed by atoms with Gasteiger partial charge in [-0.05, 0) is 11.6 Å². The number of benzene rings is 1. The summed E-state index contributed by atoms with van der Waals surface area (Å²) >= 11 is 0. The number of alkyl halides is 3. The number of methoxy groups -OCH3 is 1. The monoisotopic (exact) mass is 316 g/mol. The van der Waals surface area contributed by atoms with Crippen LogP contribution in [0.25, 0.3) is 0 Å². The van der Waals surface area contributed by atoms with E-state index in [2.05, 4.69) is 5.32 Å². The molecule has 3 N–H and O–H groups in total. The summed E-state index contributed by atoms with van der Waals surface area (Å²) < 4.78 is 43.0. The summed E-state index contributed by atoms with van der Waals surface area (Å²) in [6.45, 7) is 0.659. The average molecular weight is 316 g/mol. The van der Waals surface area contributed by atoms with Crippen molar-refractivity contribution in [1.29, 1.82) is 0 Å². The lowest BCUT2D eigenvalue weighted by Gasteiger charge is -2.15. The molecule has 1 aromatic carbocycles. The van der Waals surface area contributed by atoms with Gasteiger partial charge in [-0.15, -0.1) is 0 Å². The summed E-state index contributed by atoms with van der Waals surface area (Å²) in [6, 6.07) is 4.85. The second-order valence-electron chi connectivity index (χ2n) is 4.58. The number of rotatable bonds is 7. The van der Waals surface area contributed by atoms with Crippen LogP contribution in [0.2, 0.25) is 0 Å². The largest absolute Gasteiger partial charge is 0.416 e. The predicted molar refractivity (Wildman–Crippen MR) is 77.1 cm³/mol. The normalized spacial score (nSPS) is 13.3. The van der Waals surface area contributed by atoms with Gasteiger partial charge in [-0.2, -0.15) is 13.2 Å². The maximum absolute atomic E-state index is 12.7. The fraction of sp³-hybridized carbons (Fsp3) is 0.400. The Balaban J connectivity index is 2.69. The first-order chi connectivity index (χ1) is 10.4. The van der Waals surface area contributed by atoms with Crippen molar-refractivity contribution < 1.29 is 22.7 Å². The molecule has 0 aliphatic carbocycles. The Bertz CT molecular complexity index is 516. The van der Waals surface area contributed by atoms with Crippen molar-refractivity contribution in [2.75, 3.05) is 20.2 Å². The maximum Gasteiger partial charge on any atom is 0.416 e. The zero-order chi connectivity index (χ0) is 16.6. The quantitative estimate of drug-likeness (QED) is 0.755. The number of nitrogens with one attached hydrogen (secondary N) is 1. The smallest absolute Gasteiger partial charge is 0.371 e. The van der Waals surface area contributed by atoms with E-state index >= 15 is 0 Å². The fourth-order valence-corrected chi connectivity index (χ4v) is 1.82. The van der Waals surface area contributed by atoms with Crippen molar-refractivity contribution in [3.8, 4) is 0 Å². The standard InChI is InChI=1S/C15H19F3N2O2/c1-22-13(14(21)20-8-3-2-7-19)10-11-5-4-6-12(9-11)15(16,17)18/h2-6,9,13H,7-8,10,19H2,1H3,(H,20,21). The second-order valence-corrected chi connectivity index (χ2v) is 4.58. The molecule has 1 rings (SSSR count). The van der Waals surface area contributed by atoms with E-state index in [1.54, 1.807) is 12.2 Å². The van der Waals surface area contributed by atoms with E-state index in [1.807, 2.05) is 0 Å². The van der Waals surface area contributed by atoms with Crippen molar-refractivity contribution in [2.24, 2.45) is 5.73 Å². The number of nitrogens with two attached hydrogens (primary N) is 1. The number of hydrogen-bond acceptors (Lipinski definition) is 3. The van der Waals surface area contributed by atoms with E-state index in [1.165, 1.54) is 19.2 Å². The Hall–Kier alpha value is -1.86. The summed E-state index contributed by atoms with van der Waals surface area (Å²) in [5.74, 6) is -0.387. The molecule has 1 aromatic rings. The summed E-state index contributed by atoms with van der Waals surface area (Å²) in [4.78, 5) is 11.9. The van der Waals surface area contributed by atoms with Crippen LogP contribution in [0.3, 0.4) is 0 Å². The van der Waals surface area contributed by atoms with Crippen molar-refractivity contribution in [2.45, 2.75) is 18.7 Å². The molecule has 0 aromatic heterocycles. The molecule has 1 atom stereocenters. The van der Waals surface area contributed by atoms with Gasteiger partial charge in [-0.3, -0.25) is 4.79 Å². The Morgan fingerprint density at radius 2 is 2.14 bits per heavy atom. The predicted octanol–water partition coefficient (Wildman–Crippen LogP) is 1.89. The van der Waals surface area contributed by atoms with Gasteiger partial charge >= 0.3 is 6.18 Å². The van der Waals surface area contributed by atoms with Crippen molar-refractivity contribution >= 4 is 5.91 Å². The third-order valence-corrected chi connectivity index (χ3v) is 2.95. The van der Waals surface area contributed by atoms with Crippen molar-refractivity contribution in [3.05, 3.63) is 47.5 Å². The van der Waals surface area contributed by atoms with Gasteiger partial charge in [-0.1, -0.05) is 30.4 Å². The molecule has 1 amide bonds. The molecule has 4 nitrogen and oxygen atoms in total. The van der Waals surface area contributed by atoms with E-state index in [-0.39, 0.29) is 12.3 Å². The summed E-state index contributed by atoms with van der Waals surface area (Å²) in [7, 11) is 1.34. The molecular formula is C15H19F3N2O2. The number of halogens is 3. The van der Waals surface area contributed by atoms with Crippen LogP contribution in [0.4, 0.5) is 13.2 Å². The lowest BCUT2D eigenvalue weighted by Crippen LogP contribution is -2.37. The lowest BCUT2D eigenvalue weighted by molar-refractivity contribution is -0.137. The summed E-state index contributed by atoms with van der Waals surface area (Å²) in [5, 5.41) is 2.61. The van der Waals surface area contributed by atoms with E-state index in [9.17, 15) is 18.0 Å². The van der Waals surface area contributed by atoms with Crippen LogP contribution >= 0.6 is 0 Å². The molecule has 22 heavy (non-hydrogen) atoms. The second kappa shape index (κ2) is 8.55. The van der Waals surface area contributed by atoms with Crippen LogP contribution in [-0.2, 0) is 22.1 Å². The van der Waals surface area contributed by atoms with Gasteiger partial charge in [0.2, 0.25) is 5.91 Å². The molecule has 0 heterocycles. The first-order valence-electron chi connectivity index (χ1n) is 6.70. The summed E-state index contributed by atoms with van der Waals surface area (Å²) in [5.41, 5.74) is 4.91. The Kier molecular flexibility index (Phi) is 7.07. The van der Waals surface area contributed by atoms with Gasteiger partial charge in [0.15, 0.2) is 0 Å². The van der Waals surface area contributed by atoms with Crippen LogP contribution in [0.15, 0.2) is 36.4 Å².